The standard InChI is InChI=1S/C20H27N5O2/c1-15(19-6-2-3-8-21-19)23-9-4-5-16(13-23)25-20(27)11-17(12-22-25)24-10-7-18(26)14-24/h2-3,6,8,11-12,15-16,18,26H,4-5,7,9-10,13-14H2,1H3/t15-,16-,18-/m0/s1. The van der Waals surface area contributed by atoms with Gasteiger partial charge in [0.15, 0.2) is 0 Å². The van der Waals surface area contributed by atoms with E-state index in [1.165, 1.54) is 0 Å². The quantitative estimate of drug-likeness (QED) is 0.883. The largest absolute Gasteiger partial charge is 0.391 e. The first-order valence-corrected chi connectivity index (χ1v) is 9.78. The molecular formula is C20H27N5O2. The maximum Gasteiger partial charge on any atom is 0.269 e. The van der Waals surface area contributed by atoms with Crippen molar-refractivity contribution < 1.29 is 5.11 Å². The summed E-state index contributed by atoms with van der Waals surface area (Å²) >= 11 is 0. The van der Waals surface area contributed by atoms with Gasteiger partial charge in [-0.2, -0.15) is 5.10 Å². The van der Waals surface area contributed by atoms with E-state index in [0.717, 1.165) is 50.3 Å². The lowest BCUT2D eigenvalue weighted by atomic mass is 10.0. The van der Waals surface area contributed by atoms with Crippen molar-refractivity contribution in [3.05, 3.63) is 52.7 Å². The van der Waals surface area contributed by atoms with Gasteiger partial charge in [-0.05, 0) is 44.9 Å². The van der Waals surface area contributed by atoms with Gasteiger partial charge in [0.25, 0.3) is 5.56 Å². The number of aliphatic hydroxyl groups excluding tert-OH is 1. The van der Waals surface area contributed by atoms with Crippen LogP contribution in [-0.4, -0.2) is 57.1 Å². The van der Waals surface area contributed by atoms with Gasteiger partial charge < -0.3 is 10.0 Å². The van der Waals surface area contributed by atoms with Gasteiger partial charge >= 0.3 is 0 Å². The van der Waals surface area contributed by atoms with Gasteiger partial charge in [-0.1, -0.05) is 6.07 Å². The number of nitrogens with zero attached hydrogens (tertiary/aromatic N) is 5. The van der Waals surface area contributed by atoms with E-state index in [2.05, 4.69) is 28.0 Å². The van der Waals surface area contributed by atoms with Crippen LogP contribution in [-0.2, 0) is 0 Å². The van der Waals surface area contributed by atoms with Crippen LogP contribution < -0.4 is 10.5 Å². The molecule has 2 aliphatic rings. The number of piperidine rings is 1. The molecule has 7 nitrogen and oxygen atoms in total. The molecule has 4 heterocycles. The third-order valence-electron chi connectivity index (χ3n) is 5.78. The highest BCUT2D eigenvalue weighted by molar-refractivity contribution is 5.44. The second-order valence-electron chi connectivity index (χ2n) is 7.61. The van der Waals surface area contributed by atoms with Gasteiger partial charge in [-0.3, -0.25) is 14.7 Å². The Kier molecular flexibility index (Phi) is 5.22. The summed E-state index contributed by atoms with van der Waals surface area (Å²) in [7, 11) is 0. The van der Waals surface area contributed by atoms with Crippen LogP contribution in [0.5, 0.6) is 0 Å². The van der Waals surface area contributed by atoms with E-state index < -0.39 is 0 Å². The number of aromatic nitrogens is 3. The molecule has 2 fully saturated rings. The minimum absolute atomic E-state index is 0.0637. The van der Waals surface area contributed by atoms with Crippen molar-refractivity contribution in [3.63, 3.8) is 0 Å². The Morgan fingerprint density at radius 3 is 2.81 bits per heavy atom. The van der Waals surface area contributed by atoms with E-state index >= 15 is 0 Å². The van der Waals surface area contributed by atoms with Crippen molar-refractivity contribution in [1.29, 1.82) is 0 Å². The summed E-state index contributed by atoms with van der Waals surface area (Å²) in [4.78, 5) is 21.6. The summed E-state index contributed by atoms with van der Waals surface area (Å²) in [6.45, 7) is 5.32. The van der Waals surface area contributed by atoms with Gasteiger partial charge in [0, 0.05) is 37.9 Å². The molecule has 4 rings (SSSR count). The lowest BCUT2D eigenvalue weighted by molar-refractivity contribution is 0.125. The van der Waals surface area contributed by atoms with E-state index in [9.17, 15) is 9.90 Å². The monoisotopic (exact) mass is 369 g/mol. The molecule has 0 amide bonds. The normalized spacial score (nSPS) is 24.9. The average Bonchev–Trinajstić information content (AvgIpc) is 3.14. The molecule has 2 aliphatic heterocycles. The van der Waals surface area contributed by atoms with Gasteiger partial charge in [-0.15, -0.1) is 0 Å². The predicted octanol–water partition coefficient (Wildman–Crippen LogP) is 1.61. The molecule has 0 radical (unpaired) electrons. The van der Waals surface area contributed by atoms with Crippen molar-refractivity contribution in [2.75, 3.05) is 31.1 Å². The van der Waals surface area contributed by atoms with Crippen LogP contribution in [0.3, 0.4) is 0 Å². The van der Waals surface area contributed by atoms with Crippen LogP contribution in [0.2, 0.25) is 0 Å². The Morgan fingerprint density at radius 1 is 1.22 bits per heavy atom. The maximum atomic E-state index is 12.7. The molecule has 2 saturated heterocycles. The number of anilines is 1. The van der Waals surface area contributed by atoms with Crippen molar-refractivity contribution in [2.24, 2.45) is 0 Å². The number of hydrogen-bond acceptors (Lipinski definition) is 6. The topological polar surface area (TPSA) is 74.5 Å². The summed E-state index contributed by atoms with van der Waals surface area (Å²) in [5, 5.41) is 14.2. The fraction of sp³-hybridized carbons (Fsp3) is 0.550. The molecule has 0 bridgehead atoms. The molecule has 3 atom stereocenters. The smallest absolute Gasteiger partial charge is 0.269 e. The third-order valence-corrected chi connectivity index (χ3v) is 5.78. The molecule has 7 heteroatoms. The lowest BCUT2D eigenvalue weighted by Gasteiger charge is -2.36. The lowest BCUT2D eigenvalue weighted by Crippen LogP contribution is -2.42. The Hall–Kier alpha value is -2.25. The van der Waals surface area contributed by atoms with Crippen molar-refractivity contribution in [3.8, 4) is 0 Å². The van der Waals surface area contributed by atoms with E-state index in [0.29, 0.717) is 6.54 Å². The van der Waals surface area contributed by atoms with Crippen molar-refractivity contribution >= 4 is 5.69 Å². The van der Waals surface area contributed by atoms with Gasteiger partial charge in [0.1, 0.15) is 0 Å². The summed E-state index contributed by atoms with van der Waals surface area (Å²) < 4.78 is 1.63. The SMILES string of the molecule is C[C@@H](c1ccccn1)N1CCC[C@H](n2ncc(N3CC[C@H](O)C3)cc2=O)C1. The van der Waals surface area contributed by atoms with Gasteiger partial charge in [-0.25, -0.2) is 4.68 Å². The highest BCUT2D eigenvalue weighted by Crippen LogP contribution is 2.27. The molecule has 2 aromatic heterocycles. The number of likely N-dealkylation sites (tertiary alicyclic amines) is 1. The van der Waals surface area contributed by atoms with Crippen LogP contribution >= 0.6 is 0 Å². The Balaban J connectivity index is 1.49. The number of aliphatic hydroxyl groups is 1. The molecule has 0 aromatic carbocycles. The Labute approximate surface area is 159 Å². The van der Waals surface area contributed by atoms with E-state index in [1.807, 2.05) is 23.2 Å². The number of β-amino-alcohol motifs (C(OH)–C–C–N with tert-alkyl or cyclic N) is 1. The molecule has 0 aliphatic carbocycles. The van der Waals surface area contributed by atoms with E-state index in [1.54, 1.807) is 16.9 Å². The van der Waals surface area contributed by atoms with Crippen LogP contribution in [0.4, 0.5) is 5.69 Å². The Bertz CT molecular complexity index is 825. The fourth-order valence-electron chi connectivity index (χ4n) is 4.18. The zero-order valence-corrected chi connectivity index (χ0v) is 15.7. The second kappa shape index (κ2) is 7.78. The van der Waals surface area contributed by atoms with Gasteiger partial charge in [0.05, 0.1) is 29.7 Å². The van der Waals surface area contributed by atoms with Crippen LogP contribution in [0.25, 0.3) is 0 Å². The maximum absolute atomic E-state index is 12.7. The zero-order chi connectivity index (χ0) is 18.8. The van der Waals surface area contributed by atoms with Crippen LogP contribution in [0.15, 0.2) is 41.5 Å². The molecule has 1 N–H and O–H groups in total. The van der Waals surface area contributed by atoms with Crippen molar-refractivity contribution in [1.82, 2.24) is 19.7 Å². The van der Waals surface area contributed by atoms with E-state index in [-0.39, 0.29) is 23.7 Å². The summed E-state index contributed by atoms with van der Waals surface area (Å²) in [6.07, 6.45) is 6.02. The number of pyridine rings is 1. The highest BCUT2D eigenvalue weighted by atomic mass is 16.3. The molecule has 0 saturated carbocycles. The fourth-order valence-corrected chi connectivity index (χ4v) is 4.18. The first-order chi connectivity index (χ1) is 13.1. The first-order valence-electron chi connectivity index (χ1n) is 9.78. The molecule has 0 unspecified atom stereocenters. The van der Waals surface area contributed by atoms with Gasteiger partial charge in [0.2, 0.25) is 0 Å². The molecule has 144 valence electrons. The summed E-state index contributed by atoms with van der Waals surface area (Å²) in [5.74, 6) is 0. The predicted molar refractivity (Wildman–Crippen MR) is 104 cm³/mol. The summed E-state index contributed by atoms with van der Waals surface area (Å²) in [5.41, 5.74) is 1.80. The molecule has 0 spiro atoms. The average molecular weight is 369 g/mol. The zero-order valence-electron chi connectivity index (χ0n) is 15.7. The number of hydrogen-bond donors (Lipinski definition) is 1. The van der Waals surface area contributed by atoms with Crippen molar-refractivity contribution in [2.45, 2.75) is 44.4 Å². The molecule has 2 aromatic rings. The molecular weight excluding hydrogens is 342 g/mol. The van der Waals surface area contributed by atoms with E-state index in [4.69, 9.17) is 0 Å². The minimum atomic E-state index is -0.313. The highest BCUT2D eigenvalue weighted by Gasteiger charge is 2.28. The minimum Gasteiger partial charge on any atom is -0.391 e. The second-order valence-corrected chi connectivity index (χ2v) is 7.61. The summed E-state index contributed by atoms with van der Waals surface area (Å²) in [6, 6.07) is 7.95. The number of rotatable bonds is 4. The Morgan fingerprint density at radius 2 is 2.11 bits per heavy atom. The third kappa shape index (κ3) is 3.89. The first kappa shape index (κ1) is 18.1. The van der Waals surface area contributed by atoms with Crippen LogP contribution in [0.1, 0.15) is 44.0 Å². The molecule has 27 heavy (non-hydrogen) atoms. The van der Waals surface area contributed by atoms with Crippen LogP contribution in [0, 0.1) is 0 Å².